The SMILES string of the molecule is FC(F)(F)c1ccncc1C1=CC2COCC(C1)N2Cc1ccccc1. The van der Waals surface area contributed by atoms with E-state index in [9.17, 15) is 13.2 Å². The Hall–Kier alpha value is -2.18. The normalized spacial score (nSPS) is 23.6. The van der Waals surface area contributed by atoms with Gasteiger partial charge in [-0.05, 0) is 23.6 Å². The van der Waals surface area contributed by atoms with Gasteiger partial charge >= 0.3 is 6.18 Å². The highest BCUT2D eigenvalue weighted by Crippen LogP contribution is 2.39. The van der Waals surface area contributed by atoms with Crippen molar-refractivity contribution in [1.82, 2.24) is 9.88 Å². The van der Waals surface area contributed by atoms with Crippen LogP contribution in [0.15, 0.2) is 54.9 Å². The van der Waals surface area contributed by atoms with E-state index >= 15 is 0 Å². The Morgan fingerprint density at radius 3 is 2.65 bits per heavy atom. The second-order valence-corrected chi connectivity index (χ2v) is 6.73. The van der Waals surface area contributed by atoms with Gasteiger partial charge in [0.25, 0.3) is 0 Å². The van der Waals surface area contributed by atoms with Crippen LogP contribution >= 0.6 is 0 Å². The third-order valence-electron chi connectivity index (χ3n) is 5.02. The summed E-state index contributed by atoms with van der Waals surface area (Å²) in [5.41, 5.74) is 1.48. The van der Waals surface area contributed by atoms with E-state index in [2.05, 4.69) is 22.0 Å². The van der Waals surface area contributed by atoms with Crippen molar-refractivity contribution in [1.29, 1.82) is 0 Å². The van der Waals surface area contributed by atoms with Gasteiger partial charge in [-0.3, -0.25) is 9.88 Å². The number of alkyl halides is 3. The Morgan fingerprint density at radius 2 is 1.92 bits per heavy atom. The number of hydrogen-bond acceptors (Lipinski definition) is 3. The molecule has 0 aliphatic carbocycles. The molecule has 1 aromatic heterocycles. The van der Waals surface area contributed by atoms with Crippen molar-refractivity contribution in [2.75, 3.05) is 13.2 Å². The van der Waals surface area contributed by atoms with Gasteiger partial charge in [-0.2, -0.15) is 13.2 Å². The van der Waals surface area contributed by atoms with Crippen LogP contribution in [0, 0.1) is 0 Å². The summed E-state index contributed by atoms with van der Waals surface area (Å²) in [6.07, 6.45) is 0.592. The molecule has 3 nitrogen and oxygen atoms in total. The number of nitrogens with zero attached hydrogens (tertiary/aromatic N) is 2. The highest BCUT2D eigenvalue weighted by atomic mass is 19.4. The van der Waals surface area contributed by atoms with E-state index < -0.39 is 11.7 Å². The third-order valence-corrected chi connectivity index (χ3v) is 5.02. The van der Waals surface area contributed by atoms with Crippen LogP contribution in [0.3, 0.4) is 0 Å². The van der Waals surface area contributed by atoms with E-state index in [1.54, 1.807) is 0 Å². The zero-order valence-corrected chi connectivity index (χ0v) is 14.1. The molecule has 6 heteroatoms. The van der Waals surface area contributed by atoms with Crippen LogP contribution in [0.1, 0.15) is 23.1 Å². The van der Waals surface area contributed by atoms with Crippen LogP contribution in [0.5, 0.6) is 0 Å². The molecule has 2 aliphatic rings. The number of fused-ring (bicyclic) bond motifs is 2. The minimum absolute atomic E-state index is 0.0287. The fourth-order valence-corrected chi connectivity index (χ4v) is 3.80. The second kappa shape index (κ2) is 6.85. The number of aromatic nitrogens is 1. The smallest absolute Gasteiger partial charge is 0.378 e. The third kappa shape index (κ3) is 3.39. The summed E-state index contributed by atoms with van der Waals surface area (Å²) in [7, 11) is 0. The molecule has 2 bridgehead atoms. The van der Waals surface area contributed by atoms with Crippen molar-refractivity contribution >= 4 is 5.57 Å². The van der Waals surface area contributed by atoms with E-state index in [1.807, 2.05) is 24.3 Å². The molecule has 2 unspecified atom stereocenters. The Bertz CT molecular complexity index is 804. The second-order valence-electron chi connectivity index (χ2n) is 6.73. The van der Waals surface area contributed by atoms with Crippen LogP contribution in [-0.2, 0) is 17.5 Å². The molecule has 0 spiro atoms. The van der Waals surface area contributed by atoms with Gasteiger partial charge in [0.05, 0.1) is 24.8 Å². The summed E-state index contributed by atoms with van der Waals surface area (Å²) in [6.45, 7) is 1.79. The molecule has 2 atom stereocenters. The van der Waals surface area contributed by atoms with Crippen molar-refractivity contribution in [3.8, 4) is 0 Å². The first-order chi connectivity index (χ1) is 12.5. The molecule has 0 radical (unpaired) electrons. The van der Waals surface area contributed by atoms with E-state index in [1.165, 1.54) is 18.0 Å². The van der Waals surface area contributed by atoms with Crippen molar-refractivity contribution in [3.05, 3.63) is 71.6 Å². The fraction of sp³-hybridized carbons (Fsp3) is 0.350. The summed E-state index contributed by atoms with van der Waals surface area (Å²) in [5, 5.41) is 0. The highest BCUT2D eigenvalue weighted by molar-refractivity contribution is 5.70. The maximum Gasteiger partial charge on any atom is 0.417 e. The lowest BCUT2D eigenvalue weighted by molar-refractivity contribution is -0.137. The van der Waals surface area contributed by atoms with E-state index in [0.29, 0.717) is 25.2 Å². The Kier molecular flexibility index (Phi) is 4.54. The predicted molar refractivity (Wildman–Crippen MR) is 92.2 cm³/mol. The number of hydrogen-bond donors (Lipinski definition) is 0. The molecule has 1 saturated heterocycles. The van der Waals surface area contributed by atoms with Gasteiger partial charge in [-0.25, -0.2) is 0 Å². The molecule has 2 aliphatic heterocycles. The van der Waals surface area contributed by atoms with Gasteiger partial charge < -0.3 is 4.74 Å². The number of benzene rings is 1. The predicted octanol–water partition coefficient (Wildman–Crippen LogP) is 4.16. The Morgan fingerprint density at radius 1 is 1.12 bits per heavy atom. The Labute approximate surface area is 150 Å². The molecule has 0 amide bonds. The van der Waals surface area contributed by atoms with Crippen molar-refractivity contribution < 1.29 is 17.9 Å². The van der Waals surface area contributed by atoms with E-state index in [4.69, 9.17) is 4.74 Å². The topological polar surface area (TPSA) is 25.4 Å². The highest BCUT2D eigenvalue weighted by Gasteiger charge is 2.38. The minimum atomic E-state index is -4.38. The first-order valence-corrected chi connectivity index (χ1v) is 8.62. The van der Waals surface area contributed by atoms with Gasteiger partial charge in [0.2, 0.25) is 0 Å². The van der Waals surface area contributed by atoms with Crippen LogP contribution in [-0.4, -0.2) is 35.2 Å². The standard InChI is InChI=1S/C20H19F3N2O/c21-20(22,23)19-6-7-24-10-18(19)15-8-16-12-26-13-17(9-15)25(16)11-14-4-2-1-3-5-14/h1-8,10,16-17H,9,11-13H2. The molecule has 26 heavy (non-hydrogen) atoms. The van der Waals surface area contributed by atoms with Crippen molar-refractivity contribution in [2.24, 2.45) is 0 Å². The average molecular weight is 360 g/mol. The first-order valence-electron chi connectivity index (χ1n) is 8.62. The van der Waals surface area contributed by atoms with Gasteiger partial charge in [-0.15, -0.1) is 0 Å². The lowest BCUT2D eigenvalue weighted by atomic mass is 9.88. The lowest BCUT2D eigenvalue weighted by Crippen LogP contribution is -2.53. The molecular weight excluding hydrogens is 341 g/mol. The number of rotatable bonds is 3. The molecule has 0 saturated carbocycles. The fourth-order valence-electron chi connectivity index (χ4n) is 3.80. The van der Waals surface area contributed by atoms with E-state index in [-0.39, 0.29) is 17.6 Å². The molecule has 1 aromatic carbocycles. The van der Waals surface area contributed by atoms with Gasteiger partial charge in [-0.1, -0.05) is 36.4 Å². The molecule has 2 aromatic rings. The number of halogens is 3. The molecular formula is C20H19F3N2O. The monoisotopic (exact) mass is 360 g/mol. The van der Waals surface area contributed by atoms with Crippen LogP contribution in [0.2, 0.25) is 0 Å². The first kappa shape index (κ1) is 17.2. The van der Waals surface area contributed by atoms with E-state index in [0.717, 1.165) is 12.6 Å². The summed E-state index contributed by atoms with van der Waals surface area (Å²) in [4.78, 5) is 6.25. The summed E-state index contributed by atoms with van der Waals surface area (Å²) < 4.78 is 45.8. The number of morpholine rings is 1. The van der Waals surface area contributed by atoms with Gasteiger partial charge in [0, 0.05) is 30.5 Å². The zero-order valence-electron chi connectivity index (χ0n) is 14.1. The quantitative estimate of drug-likeness (QED) is 0.822. The van der Waals surface area contributed by atoms with Crippen LogP contribution in [0.4, 0.5) is 13.2 Å². The summed E-state index contributed by atoms with van der Waals surface area (Å²) in [6, 6.07) is 11.2. The van der Waals surface area contributed by atoms with Gasteiger partial charge in [0.15, 0.2) is 0 Å². The number of pyridine rings is 1. The zero-order chi connectivity index (χ0) is 18.1. The van der Waals surface area contributed by atoms with Crippen molar-refractivity contribution in [2.45, 2.75) is 31.2 Å². The minimum Gasteiger partial charge on any atom is -0.378 e. The summed E-state index contributed by atoms with van der Waals surface area (Å²) >= 11 is 0. The van der Waals surface area contributed by atoms with Crippen molar-refractivity contribution in [3.63, 3.8) is 0 Å². The molecule has 3 heterocycles. The number of ether oxygens (including phenoxy) is 1. The molecule has 1 fully saturated rings. The molecule has 0 N–H and O–H groups in total. The van der Waals surface area contributed by atoms with Crippen LogP contribution in [0.25, 0.3) is 5.57 Å². The Balaban J connectivity index is 1.65. The maximum absolute atomic E-state index is 13.4. The summed E-state index contributed by atoms with van der Waals surface area (Å²) in [5.74, 6) is 0. The lowest BCUT2D eigenvalue weighted by Gasteiger charge is -2.45. The van der Waals surface area contributed by atoms with Crippen LogP contribution < -0.4 is 0 Å². The average Bonchev–Trinajstić information content (AvgIpc) is 2.62. The maximum atomic E-state index is 13.4. The largest absolute Gasteiger partial charge is 0.417 e. The molecule has 4 rings (SSSR count). The van der Waals surface area contributed by atoms with Gasteiger partial charge in [0.1, 0.15) is 0 Å². The molecule has 136 valence electrons.